The summed E-state index contributed by atoms with van der Waals surface area (Å²) >= 11 is 3.20. The summed E-state index contributed by atoms with van der Waals surface area (Å²) < 4.78 is 19.8. The number of amides is 1. The maximum absolute atomic E-state index is 13.0. The van der Waals surface area contributed by atoms with Gasteiger partial charge in [-0.2, -0.15) is 16.8 Å². The highest BCUT2D eigenvalue weighted by Gasteiger charge is 2.14. The van der Waals surface area contributed by atoms with E-state index < -0.39 is 0 Å². The lowest BCUT2D eigenvalue weighted by Gasteiger charge is -2.09. The number of fused-ring (bicyclic) bond motifs is 1. The van der Waals surface area contributed by atoms with Gasteiger partial charge in [0.15, 0.2) is 16.3 Å². The summed E-state index contributed by atoms with van der Waals surface area (Å²) in [5.41, 5.74) is 1.46. The van der Waals surface area contributed by atoms with Gasteiger partial charge in [-0.05, 0) is 42.7 Å². The lowest BCUT2D eigenvalue weighted by molar-refractivity contribution is 0.0998. The van der Waals surface area contributed by atoms with Gasteiger partial charge in [-0.25, -0.2) is 0 Å². The first-order chi connectivity index (χ1) is 16.1. The molecule has 0 bridgehead atoms. The van der Waals surface area contributed by atoms with Gasteiger partial charge in [-0.3, -0.25) is 4.79 Å². The fourth-order valence-corrected chi connectivity index (χ4v) is 4.75. The molecule has 0 aliphatic rings. The summed E-state index contributed by atoms with van der Waals surface area (Å²) in [5, 5.41) is 0. The van der Waals surface area contributed by atoms with Crippen molar-refractivity contribution in [2.75, 3.05) is 26.2 Å². The van der Waals surface area contributed by atoms with E-state index in [4.69, 9.17) is 14.2 Å². The van der Waals surface area contributed by atoms with Gasteiger partial charge in [0.1, 0.15) is 11.5 Å². The molecule has 1 heterocycles. The van der Waals surface area contributed by atoms with Crippen molar-refractivity contribution in [2.24, 2.45) is 4.99 Å². The Morgan fingerprint density at radius 2 is 1.64 bits per heavy atom. The van der Waals surface area contributed by atoms with E-state index in [1.54, 1.807) is 50.2 Å². The van der Waals surface area contributed by atoms with Crippen LogP contribution in [0.4, 0.5) is 0 Å². The number of aromatic nitrogens is 1. The number of methoxy groups -OCH3 is 2. The first-order valence-electron chi connectivity index (χ1n) is 10.3. The van der Waals surface area contributed by atoms with Gasteiger partial charge in [0.05, 0.1) is 24.4 Å². The number of carbonyl (C=O) groups excluding carboxylic acids is 1. The Morgan fingerprint density at radius 1 is 0.970 bits per heavy atom. The second-order valence-electron chi connectivity index (χ2n) is 7.06. The molecule has 0 saturated carbocycles. The second kappa shape index (κ2) is 10.6. The predicted octanol–water partition coefficient (Wildman–Crippen LogP) is 5.62. The number of para-hydroxylation sites is 1. The number of aryl methyl sites for hydroxylation is 1. The number of rotatable bonds is 8. The van der Waals surface area contributed by atoms with Crippen LogP contribution in [-0.4, -0.2) is 36.7 Å². The molecule has 4 aromatic rings. The number of ether oxygens (including phenoxy) is 3. The van der Waals surface area contributed by atoms with Gasteiger partial charge in [-0.15, -0.1) is 0 Å². The minimum Gasteiger partial charge on any atom is -0.493 e. The summed E-state index contributed by atoms with van der Waals surface area (Å²) in [6.45, 7) is 0.729. The van der Waals surface area contributed by atoms with Crippen LogP contribution in [0.3, 0.4) is 0 Å². The molecule has 33 heavy (non-hydrogen) atoms. The highest BCUT2D eigenvalue weighted by Crippen LogP contribution is 2.33. The van der Waals surface area contributed by atoms with Crippen LogP contribution < -0.4 is 19.0 Å². The first-order valence-corrected chi connectivity index (χ1v) is 12.5. The minimum atomic E-state index is -0.301. The van der Waals surface area contributed by atoms with E-state index >= 15 is 0 Å². The minimum absolute atomic E-state index is 0.301. The Kier molecular flexibility index (Phi) is 7.36. The average molecular weight is 481 g/mol. The van der Waals surface area contributed by atoms with Crippen LogP contribution in [0.5, 0.6) is 23.0 Å². The molecule has 1 amide bonds. The Hall–Kier alpha value is -3.23. The summed E-state index contributed by atoms with van der Waals surface area (Å²) in [6.07, 6.45) is 2.06. The van der Waals surface area contributed by atoms with E-state index in [1.807, 2.05) is 42.5 Å². The van der Waals surface area contributed by atoms with Crippen molar-refractivity contribution in [3.63, 3.8) is 0 Å². The van der Waals surface area contributed by atoms with E-state index in [1.165, 1.54) is 11.3 Å². The zero-order chi connectivity index (χ0) is 23.2. The van der Waals surface area contributed by atoms with Crippen LogP contribution >= 0.6 is 23.1 Å². The van der Waals surface area contributed by atoms with Gasteiger partial charge >= 0.3 is 0 Å². The van der Waals surface area contributed by atoms with Crippen molar-refractivity contribution in [1.82, 2.24) is 4.57 Å². The lowest BCUT2D eigenvalue weighted by atomic mass is 10.2. The number of carbonyl (C=O) groups is 1. The summed E-state index contributed by atoms with van der Waals surface area (Å²) in [7, 11) is 3.22. The van der Waals surface area contributed by atoms with Gasteiger partial charge < -0.3 is 18.8 Å². The molecule has 0 fully saturated rings. The zero-order valence-corrected chi connectivity index (χ0v) is 20.2. The first kappa shape index (κ1) is 22.9. The van der Waals surface area contributed by atoms with Crippen molar-refractivity contribution in [3.05, 3.63) is 77.1 Å². The van der Waals surface area contributed by atoms with Gasteiger partial charge in [0.2, 0.25) is 0 Å². The van der Waals surface area contributed by atoms with E-state index in [0.717, 1.165) is 28.3 Å². The molecule has 0 atom stereocenters. The molecule has 0 spiro atoms. The van der Waals surface area contributed by atoms with E-state index in [2.05, 4.69) is 15.8 Å². The number of thioether (sulfide) groups is 1. The molecule has 3 aromatic carbocycles. The molecule has 0 N–H and O–H groups in total. The average Bonchev–Trinajstić information content (AvgIpc) is 3.18. The molecule has 0 radical (unpaired) electrons. The fourth-order valence-electron chi connectivity index (χ4n) is 3.32. The highest BCUT2D eigenvalue weighted by atomic mass is 32.2. The predicted molar refractivity (Wildman–Crippen MR) is 134 cm³/mol. The van der Waals surface area contributed by atoms with Gasteiger partial charge in [0.25, 0.3) is 5.91 Å². The van der Waals surface area contributed by atoms with Crippen LogP contribution in [0, 0.1) is 0 Å². The Balaban J connectivity index is 1.67. The molecule has 8 heteroatoms. The van der Waals surface area contributed by atoms with Crippen LogP contribution in [0.2, 0.25) is 0 Å². The molecule has 0 unspecified atom stereocenters. The van der Waals surface area contributed by atoms with Crippen molar-refractivity contribution in [3.8, 4) is 23.0 Å². The highest BCUT2D eigenvalue weighted by molar-refractivity contribution is 7.98. The molecule has 1 aromatic heterocycles. The smallest absolute Gasteiger partial charge is 0.279 e. The third-order valence-electron chi connectivity index (χ3n) is 4.98. The van der Waals surface area contributed by atoms with Crippen molar-refractivity contribution in [2.45, 2.75) is 6.54 Å². The van der Waals surface area contributed by atoms with E-state index in [9.17, 15) is 4.79 Å². The lowest BCUT2D eigenvalue weighted by Crippen LogP contribution is -2.18. The van der Waals surface area contributed by atoms with Gasteiger partial charge in [-0.1, -0.05) is 29.5 Å². The molecule has 4 rings (SSSR count). The van der Waals surface area contributed by atoms with Crippen LogP contribution in [0.1, 0.15) is 10.4 Å². The monoisotopic (exact) mass is 480 g/mol. The zero-order valence-electron chi connectivity index (χ0n) is 18.6. The third-order valence-corrected chi connectivity index (χ3v) is 6.62. The molecule has 170 valence electrons. The maximum Gasteiger partial charge on any atom is 0.279 e. The Morgan fingerprint density at radius 3 is 2.30 bits per heavy atom. The van der Waals surface area contributed by atoms with E-state index in [-0.39, 0.29) is 5.91 Å². The topological polar surface area (TPSA) is 62.0 Å². The standard InChI is InChI=1S/C25H24N2O4S2/c1-29-21-15-20-23(16-22(21)30-2)33-25(27(20)13-14-32-3)26-24(28)17-9-11-19(12-10-17)31-18-7-5-4-6-8-18/h4-12,15-16H,13-14H2,1-3H3. The summed E-state index contributed by atoms with van der Waals surface area (Å²) in [5.74, 6) is 3.29. The van der Waals surface area contributed by atoms with Crippen LogP contribution in [0.15, 0.2) is 71.7 Å². The SMILES string of the molecule is COc1cc2sc(=NC(=O)c3ccc(Oc4ccccc4)cc3)n(CCSC)c2cc1OC. The number of hydrogen-bond acceptors (Lipinski definition) is 6. The molecule has 0 saturated heterocycles. The molecule has 0 aliphatic carbocycles. The largest absolute Gasteiger partial charge is 0.493 e. The van der Waals surface area contributed by atoms with E-state index in [0.29, 0.717) is 27.6 Å². The van der Waals surface area contributed by atoms with Crippen molar-refractivity contribution >= 4 is 39.2 Å². The van der Waals surface area contributed by atoms with Crippen LogP contribution in [0.25, 0.3) is 10.2 Å². The fraction of sp³-hybridized carbons (Fsp3) is 0.200. The number of benzene rings is 3. The molecule has 6 nitrogen and oxygen atoms in total. The Labute approximate surface area is 200 Å². The number of thiazole rings is 1. The molecular formula is C25H24N2O4S2. The second-order valence-corrected chi connectivity index (χ2v) is 9.06. The summed E-state index contributed by atoms with van der Waals surface area (Å²) in [4.78, 5) is 18.1. The Bertz CT molecular complexity index is 1310. The number of hydrogen-bond donors (Lipinski definition) is 0. The van der Waals surface area contributed by atoms with Crippen molar-refractivity contribution < 1.29 is 19.0 Å². The maximum atomic E-state index is 13.0. The quantitative estimate of drug-likeness (QED) is 0.328. The van der Waals surface area contributed by atoms with Crippen molar-refractivity contribution in [1.29, 1.82) is 0 Å². The molecular weight excluding hydrogens is 456 g/mol. The third kappa shape index (κ3) is 5.23. The summed E-state index contributed by atoms with van der Waals surface area (Å²) in [6, 6.07) is 20.4. The van der Waals surface area contributed by atoms with Gasteiger partial charge in [0, 0.05) is 30.0 Å². The number of nitrogens with zero attached hydrogens (tertiary/aromatic N) is 2. The normalized spacial score (nSPS) is 11.5. The van der Waals surface area contributed by atoms with Crippen LogP contribution in [-0.2, 0) is 6.54 Å². The molecule has 0 aliphatic heterocycles.